The van der Waals surface area contributed by atoms with Crippen molar-refractivity contribution in [2.45, 2.75) is 0 Å². The van der Waals surface area contributed by atoms with E-state index in [0.29, 0.717) is 34.1 Å². The average Bonchev–Trinajstić information content (AvgIpc) is 2.89. The maximum Gasteiger partial charge on any atom is 0.254 e. The van der Waals surface area contributed by atoms with Crippen LogP contribution in [0.1, 0.15) is 11.1 Å². The van der Waals surface area contributed by atoms with Crippen LogP contribution in [-0.4, -0.2) is 24.0 Å². The lowest BCUT2D eigenvalue weighted by molar-refractivity contribution is -0.115. The highest BCUT2D eigenvalue weighted by molar-refractivity contribution is 6.32. The third-order valence-electron chi connectivity index (χ3n) is 3.86. The number of halogens is 1. The Hall–Kier alpha value is -3.08. The molecule has 0 radical (unpaired) electrons. The van der Waals surface area contributed by atoms with E-state index in [9.17, 15) is 9.18 Å². The van der Waals surface area contributed by atoms with Gasteiger partial charge in [-0.1, -0.05) is 36.9 Å². The molecule has 2 heterocycles. The third kappa shape index (κ3) is 2.01. The number of aliphatic imine (C=N–C) groups is 2. The summed E-state index contributed by atoms with van der Waals surface area (Å²) in [4.78, 5) is 22.4. The topological polar surface area (TPSA) is 45.0 Å². The molecule has 4 nitrogen and oxygen atoms in total. The number of amidine groups is 1. The number of fused-ring (bicyclic) bond motifs is 3. The number of amides is 1. The highest BCUT2D eigenvalue weighted by Crippen LogP contribution is 2.32. The van der Waals surface area contributed by atoms with Crippen molar-refractivity contribution in [1.82, 2.24) is 0 Å². The maximum absolute atomic E-state index is 14.3. The number of benzene rings is 2. The molecule has 0 unspecified atom stereocenters. The van der Waals surface area contributed by atoms with E-state index in [0.717, 1.165) is 0 Å². The van der Waals surface area contributed by atoms with Crippen LogP contribution < -0.4 is 4.90 Å². The minimum Gasteiger partial charge on any atom is -0.272 e. The highest BCUT2D eigenvalue weighted by atomic mass is 19.1. The second kappa shape index (κ2) is 4.98. The van der Waals surface area contributed by atoms with E-state index in [2.05, 4.69) is 16.6 Å². The van der Waals surface area contributed by atoms with Gasteiger partial charge >= 0.3 is 0 Å². The molecule has 2 aliphatic heterocycles. The van der Waals surface area contributed by atoms with Crippen molar-refractivity contribution in [3.05, 3.63) is 77.8 Å². The Balaban J connectivity index is 2.02. The van der Waals surface area contributed by atoms with Gasteiger partial charge in [0.1, 0.15) is 12.4 Å². The van der Waals surface area contributed by atoms with Gasteiger partial charge in [-0.25, -0.2) is 9.38 Å². The Bertz CT molecular complexity index is 914. The summed E-state index contributed by atoms with van der Waals surface area (Å²) in [5.74, 6) is -0.0865. The minimum absolute atomic E-state index is 0.0766. The molecule has 4 rings (SSSR count). The van der Waals surface area contributed by atoms with Gasteiger partial charge in [-0.05, 0) is 18.2 Å². The van der Waals surface area contributed by atoms with Crippen LogP contribution in [0.3, 0.4) is 0 Å². The molecule has 112 valence electrons. The van der Waals surface area contributed by atoms with E-state index < -0.39 is 0 Å². The number of carbonyl (C=O) groups is 1. The van der Waals surface area contributed by atoms with Crippen molar-refractivity contribution < 1.29 is 9.18 Å². The number of hydrogen-bond donors (Lipinski definition) is 0. The Morgan fingerprint density at radius 1 is 1.04 bits per heavy atom. The van der Waals surface area contributed by atoms with Crippen molar-refractivity contribution in [2.24, 2.45) is 9.98 Å². The molecule has 2 aromatic carbocycles. The molecule has 0 aromatic heterocycles. The largest absolute Gasteiger partial charge is 0.272 e. The monoisotopic (exact) mass is 305 g/mol. The van der Waals surface area contributed by atoms with Crippen molar-refractivity contribution in [3.8, 4) is 0 Å². The van der Waals surface area contributed by atoms with Crippen LogP contribution >= 0.6 is 0 Å². The summed E-state index contributed by atoms with van der Waals surface area (Å²) in [5, 5.41) is 0. The maximum atomic E-state index is 14.3. The summed E-state index contributed by atoms with van der Waals surface area (Å²) in [7, 11) is 0. The molecule has 0 aliphatic carbocycles. The zero-order valence-corrected chi connectivity index (χ0v) is 12.2. The van der Waals surface area contributed by atoms with Crippen LogP contribution in [0.2, 0.25) is 0 Å². The lowest BCUT2D eigenvalue weighted by atomic mass is 10.00. The van der Waals surface area contributed by atoms with Gasteiger partial charge in [-0.2, -0.15) is 0 Å². The number of para-hydroxylation sites is 1. The summed E-state index contributed by atoms with van der Waals surface area (Å²) >= 11 is 0. The van der Waals surface area contributed by atoms with Crippen LogP contribution in [0, 0.1) is 5.82 Å². The summed E-state index contributed by atoms with van der Waals surface area (Å²) in [5.41, 5.74) is 2.50. The first kappa shape index (κ1) is 13.6. The second-order valence-corrected chi connectivity index (χ2v) is 5.27. The van der Waals surface area contributed by atoms with E-state index in [1.54, 1.807) is 18.2 Å². The third-order valence-corrected chi connectivity index (χ3v) is 3.86. The number of rotatable bonds is 1. The molecule has 0 N–H and O–H groups in total. The molecule has 2 aromatic rings. The van der Waals surface area contributed by atoms with Crippen LogP contribution in [-0.2, 0) is 4.79 Å². The first-order valence-corrected chi connectivity index (χ1v) is 7.16. The molecule has 0 saturated carbocycles. The fourth-order valence-corrected chi connectivity index (χ4v) is 2.84. The molecule has 23 heavy (non-hydrogen) atoms. The predicted octanol–water partition coefficient (Wildman–Crippen LogP) is 2.94. The van der Waals surface area contributed by atoms with Crippen molar-refractivity contribution in [3.63, 3.8) is 0 Å². The Kier molecular flexibility index (Phi) is 2.94. The van der Waals surface area contributed by atoms with Gasteiger partial charge in [0.15, 0.2) is 5.84 Å². The van der Waals surface area contributed by atoms with Gasteiger partial charge in [0.2, 0.25) is 0 Å². The number of nitrogens with zero attached hydrogens (tertiary/aromatic N) is 3. The molecule has 0 fully saturated rings. The molecular weight excluding hydrogens is 293 g/mol. The van der Waals surface area contributed by atoms with Gasteiger partial charge < -0.3 is 0 Å². The molecule has 0 atom stereocenters. The summed E-state index contributed by atoms with van der Waals surface area (Å²) in [6.45, 7) is 3.98. The molecule has 1 amide bonds. The van der Waals surface area contributed by atoms with Gasteiger partial charge in [-0.15, -0.1) is 0 Å². The average molecular weight is 305 g/mol. The van der Waals surface area contributed by atoms with Gasteiger partial charge in [0.25, 0.3) is 5.91 Å². The van der Waals surface area contributed by atoms with E-state index in [4.69, 9.17) is 0 Å². The number of hydrogen-bond acceptors (Lipinski definition) is 3. The summed E-state index contributed by atoms with van der Waals surface area (Å²) in [6.07, 6.45) is 0. The molecule has 0 saturated heterocycles. The smallest absolute Gasteiger partial charge is 0.254 e. The summed E-state index contributed by atoms with van der Waals surface area (Å²) in [6, 6.07) is 13.7. The van der Waals surface area contributed by atoms with Crippen LogP contribution in [0.5, 0.6) is 0 Å². The zero-order valence-electron chi connectivity index (χ0n) is 12.2. The van der Waals surface area contributed by atoms with Gasteiger partial charge in [0.05, 0.1) is 17.1 Å². The molecule has 0 spiro atoms. The van der Waals surface area contributed by atoms with Crippen LogP contribution in [0.25, 0.3) is 0 Å². The van der Waals surface area contributed by atoms with Crippen LogP contribution in [0.4, 0.5) is 10.1 Å². The Labute approximate surface area is 132 Å². The highest BCUT2D eigenvalue weighted by Gasteiger charge is 2.34. The van der Waals surface area contributed by atoms with Crippen molar-refractivity contribution in [2.75, 3.05) is 11.4 Å². The summed E-state index contributed by atoms with van der Waals surface area (Å²) < 4.78 is 14.3. The molecule has 5 heteroatoms. The standard InChI is InChI=1S/C18H12FN3O/c1-11-18-20-10-16(23)22(18)15-9-5-3-7-13(15)17(21-11)12-6-2-4-8-14(12)19/h2-9H,1,10H2. The first-order valence-electron chi connectivity index (χ1n) is 7.16. The lowest BCUT2D eigenvalue weighted by Crippen LogP contribution is -2.33. The minimum atomic E-state index is -0.371. The first-order chi connectivity index (χ1) is 11.2. The second-order valence-electron chi connectivity index (χ2n) is 5.27. The van der Waals surface area contributed by atoms with Gasteiger partial charge in [0, 0.05) is 11.1 Å². The predicted molar refractivity (Wildman–Crippen MR) is 87.4 cm³/mol. The zero-order chi connectivity index (χ0) is 16.0. The van der Waals surface area contributed by atoms with E-state index in [-0.39, 0.29) is 18.3 Å². The normalized spacial score (nSPS) is 16.5. The van der Waals surface area contributed by atoms with Crippen molar-refractivity contribution in [1.29, 1.82) is 0 Å². The van der Waals surface area contributed by atoms with E-state index in [1.165, 1.54) is 11.0 Å². The molecule has 2 aliphatic rings. The van der Waals surface area contributed by atoms with Crippen LogP contribution in [0.15, 0.2) is 70.8 Å². The van der Waals surface area contributed by atoms with E-state index >= 15 is 0 Å². The van der Waals surface area contributed by atoms with E-state index in [1.807, 2.05) is 24.3 Å². The molecule has 0 bridgehead atoms. The molecular formula is C18H12FN3O. The quantitative estimate of drug-likeness (QED) is 0.799. The Morgan fingerprint density at radius 3 is 2.52 bits per heavy atom. The SMILES string of the molecule is C=C1N=C(c2ccccc2F)c2ccccc2N2C(=O)CN=C12. The fraction of sp³-hybridized carbons (Fsp3) is 0.0556. The number of anilines is 1. The number of carbonyl (C=O) groups excluding carboxylic acids is 1. The Morgan fingerprint density at radius 2 is 1.74 bits per heavy atom. The lowest BCUT2D eigenvalue weighted by Gasteiger charge is -2.18. The van der Waals surface area contributed by atoms with Gasteiger partial charge in [-0.3, -0.25) is 14.7 Å². The fourth-order valence-electron chi connectivity index (χ4n) is 2.84. The van der Waals surface area contributed by atoms with Crippen molar-refractivity contribution >= 4 is 23.1 Å².